The average Bonchev–Trinajstić information content (AvgIpc) is 1.94. The molecule has 54 valence electrons. The zero-order chi connectivity index (χ0) is 7.56. The van der Waals surface area contributed by atoms with E-state index in [9.17, 15) is 0 Å². The molecule has 1 aromatic heterocycles. The van der Waals surface area contributed by atoms with E-state index in [4.69, 9.17) is 5.73 Å². The third kappa shape index (κ3) is 1.44. The number of hydrogen-bond donors (Lipinski definition) is 1. The van der Waals surface area contributed by atoms with Gasteiger partial charge in [-0.05, 0) is 22.4 Å². The van der Waals surface area contributed by atoms with Crippen molar-refractivity contribution in [2.24, 2.45) is 0 Å². The third-order valence-corrected chi connectivity index (χ3v) is 1.59. The number of nitrogen functional groups attached to an aromatic ring is 1. The lowest BCUT2D eigenvalue weighted by atomic mass is 10.3. The Morgan fingerprint density at radius 1 is 1.70 bits per heavy atom. The van der Waals surface area contributed by atoms with Crippen LogP contribution in [0.4, 0.5) is 5.69 Å². The van der Waals surface area contributed by atoms with Crippen molar-refractivity contribution >= 4 is 21.6 Å². The Bertz CT molecular complexity index is 236. The van der Waals surface area contributed by atoms with E-state index in [1.54, 1.807) is 6.20 Å². The SMILES string of the molecule is CCc1nc(Br)ncc1N. The average molecular weight is 202 g/mol. The summed E-state index contributed by atoms with van der Waals surface area (Å²) >= 11 is 3.16. The number of aryl methyl sites for hydroxylation is 1. The summed E-state index contributed by atoms with van der Waals surface area (Å²) < 4.78 is 0.596. The van der Waals surface area contributed by atoms with Crippen LogP contribution in [0.15, 0.2) is 10.9 Å². The molecule has 2 N–H and O–H groups in total. The molecule has 10 heavy (non-hydrogen) atoms. The van der Waals surface area contributed by atoms with E-state index in [1.165, 1.54) is 0 Å². The van der Waals surface area contributed by atoms with E-state index in [-0.39, 0.29) is 0 Å². The van der Waals surface area contributed by atoms with Crippen molar-refractivity contribution in [3.05, 3.63) is 16.6 Å². The molecule has 0 atom stereocenters. The van der Waals surface area contributed by atoms with Gasteiger partial charge < -0.3 is 5.73 Å². The number of nitrogens with two attached hydrogens (primary N) is 1. The highest BCUT2D eigenvalue weighted by Gasteiger charge is 1.98. The van der Waals surface area contributed by atoms with Crippen LogP contribution in [-0.2, 0) is 6.42 Å². The molecule has 0 spiro atoms. The molecule has 0 aromatic carbocycles. The molecule has 4 heteroatoms. The van der Waals surface area contributed by atoms with Crippen molar-refractivity contribution in [3.63, 3.8) is 0 Å². The molecule has 1 heterocycles. The lowest BCUT2D eigenvalue weighted by molar-refractivity contribution is 0.980. The van der Waals surface area contributed by atoms with Gasteiger partial charge in [0.25, 0.3) is 0 Å². The minimum atomic E-state index is 0.596. The van der Waals surface area contributed by atoms with E-state index < -0.39 is 0 Å². The predicted octanol–water partition coefficient (Wildman–Crippen LogP) is 1.38. The Morgan fingerprint density at radius 3 is 2.90 bits per heavy atom. The first-order valence-corrected chi connectivity index (χ1v) is 3.80. The predicted molar refractivity (Wildman–Crippen MR) is 43.5 cm³/mol. The molecule has 0 radical (unpaired) electrons. The number of hydrogen-bond acceptors (Lipinski definition) is 3. The molecule has 3 nitrogen and oxygen atoms in total. The summed E-state index contributed by atoms with van der Waals surface area (Å²) in [7, 11) is 0. The standard InChI is InChI=1S/C6H8BrN3/c1-2-5-4(8)3-9-6(7)10-5/h3H,2,8H2,1H3. The van der Waals surface area contributed by atoms with Crippen LogP contribution in [0.1, 0.15) is 12.6 Å². The molecule has 0 amide bonds. The molecule has 0 aliphatic rings. The van der Waals surface area contributed by atoms with Gasteiger partial charge in [-0.25, -0.2) is 9.97 Å². The molecule has 0 bridgehead atoms. The second-order valence-corrected chi connectivity index (χ2v) is 2.60. The summed E-state index contributed by atoms with van der Waals surface area (Å²) in [6.45, 7) is 2.01. The number of rotatable bonds is 1. The zero-order valence-corrected chi connectivity index (χ0v) is 7.22. The molecule has 1 rings (SSSR count). The molecule has 1 aromatic rings. The van der Waals surface area contributed by atoms with Crippen LogP contribution in [0.2, 0.25) is 0 Å². The zero-order valence-electron chi connectivity index (χ0n) is 5.63. The Labute approximate surface area is 67.8 Å². The van der Waals surface area contributed by atoms with E-state index >= 15 is 0 Å². The van der Waals surface area contributed by atoms with E-state index in [2.05, 4.69) is 25.9 Å². The minimum absolute atomic E-state index is 0.596. The summed E-state index contributed by atoms with van der Waals surface area (Å²) in [6, 6.07) is 0. The highest BCUT2D eigenvalue weighted by atomic mass is 79.9. The van der Waals surface area contributed by atoms with Crippen LogP contribution < -0.4 is 5.73 Å². The van der Waals surface area contributed by atoms with E-state index in [0.29, 0.717) is 10.4 Å². The van der Waals surface area contributed by atoms with Gasteiger partial charge in [-0.2, -0.15) is 0 Å². The maximum atomic E-state index is 5.55. The summed E-state index contributed by atoms with van der Waals surface area (Å²) in [6.07, 6.45) is 2.45. The van der Waals surface area contributed by atoms with Crippen molar-refractivity contribution in [3.8, 4) is 0 Å². The van der Waals surface area contributed by atoms with Crippen LogP contribution in [0, 0.1) is 0 Å². The van der Waals surface area contributed by atoms with E-state index in [1.807, 2.05) is 6.92 Å². The number of halogens is 1. The molecule has 0 aliphatic carbocycles. The molecular weight excluding hydrogens is 194 g/mol. The van der Waals surface area contributed by atoms with Crippen molar-refractivity contribution in [1.29, 1.82) is 0 Å². The first-order chi connectivity index (χ1) is 4.74. The fraction of sp³-hybridized carbons (Fsp3) is 0.333. The fourth-order valence-corrected chi connectivity index (χ4v) is 1.00. The van der Waals surface area contributed by atoms with Gasteiger partial charge in [0.05, 0.1) is 17.6 Å². The number of aromatic nitrogens is 2. The topological polar surface area (TPSA) is 51.8 Å². The summed E-state index contributed by atoms with van der Waals surface area (Å²) in [4.78, 5) is 7.94. The molecule has 0 fully saturated rings. The molecule has 0 unspecified atom stereocenters. The highest BCUT2D eigenvalue weighted by Crippen LogP contribution is 2.10. The quantitative estimate of drug-likeness (QED) is 0.700. The Balaban J connectivity index is 3.09. The first kappa shape index (κ1) is 7.47. The lowest BCUT2D eigenvalue weighted by Gasteiger charge is -1.99. The monoisotopic (exact) mass is 201 g/mol. The smallest absolute Gasteiger partial charge is 0.196 e. The number of nitrogens with zero attached hydrogens (tertiary/aromatic N) is 2. The van der Waals surface area contributed by atoms with Crippen molar-refractivity contribution < 1.29 is 0 Å². The van der Waals surface area contributed by atoms with E-state index in [0.717, 1.165) is 12.1 Å². The molecular formula is C6H8BrN3. The molecule has 0 saturated carbocycles. The molecule has 0 saturated heterocycles. The van der Waals surface area contributed by atoms with Crippen LogP contribution >= 0.6 is 15.9 Å². The second-order valence-electron chi connectivity index (χ2n) is 1.89. The maximum Gasteiger partial charge on any atom is 0.196 e. The van der Waals surface area contributed by atoms with Gasteiger partial charge in [0.15, 0.2) is 4.73 Å². The van der Waals surface area contributed by atoms with Crippen molar-refractivity contribution in [2.45, 2.75) is 13.3 Å². The first-order valence-electron chi connectivity index (χ1n) is 3.01. The van der Waals surface area contributed by atoms with Gasteiger partial charge in [-0.3, -0.25) is 0 Å². The Hall–Kier alpha value is -0.640. The fourth-order valence-electron chi connectivity index (χ4n) is 0.685. The summed E-state index contributed by atoms with van der Waals surface area (Å²) in [5.41, 5.74) is 7.10. The van der Waals surface area contributed by atoms with Gasteiger partial charge in [0, 0.05) is 0 Å². The third-order valence-electron chi connectivity index (χ3n) is 1.21. The van der Waals surface area contributed by atoms with Crippen LogP contribution in [0.3, 0.4) is 0 Å². The van der Waals surface area contributed by atoms with Crippen LogP contribution in [-0.4, -0.2) is 9.97 Å². The second kappa shape index (κ2) is 2.96. The van der Waals surface area contributed by atoms with Gasteiger partial charge in [0.1, 0.15) is 0 Å². The highest BCUT2D eigenvalue weighted by molar-refractivity contribution is 9.10. The maximum absolute atomic E-state index is 5.55. The van der Waals surface area contributed by atoms with Gasteiger partial charge in [0.2, 0.25) is 0 Å². The van der Waals surface area contributed by atoms with Crippen molar-refractivity contribution in [1.82, 2.24) is 9.97 Å². The van der Waals surface area contributed by atoms with Gasteiger partial charge >= 0.3 is 0 Å². The normalized spacial score (nSPS) is 9.80. The van der Waals surface area contributed by atoms with Gasteiger partial charge in [-0.1, -0.05) is 6.92 Å². The lowest BCUT2D eigenvalue weighted by Crippen LogP contribution is -1.98. The Kier molecular flexibility index (Phi) is 2.21. The van der Waals surface area contributed by atoms with Crippen molar-refractivity contribution in [2.75, 3.05) is 5.73 Å². The van der Waals surface area contributed by atoms with Crippen LogP contribution in [0.25, 0.3) is 0 Å². The minimum Gasteiger partial charge on any atom is -0.396 e. The summed E-state index contributed by atoms with van der Waals surface area (Å²) in [5.74, 6) is 0. The summed E-state index contributed by atoms with van der Waals surface area (Å²) in [5, 5.41) is 0. The van der Waals surface area contributed by atoms with Crippen LogP contribution in [0.5, 0.6) is 0 Å². The largest absolute Gasteiger partial charge is 0.396 e. The van der Waals surface area contributed by atoms with Gasteiger partial charge in [-0.15, -0.1) is 0 Å². The molecule has 0 aliphatic heterocycles. The Morgan fingerprint density at radius 2 is 2.40 bits per heavy atom. The number of anilines is 1.